The first kappa shape index (κ1) is 7.24. The maximum absolute atomic E-state index is 8.98. The molecule has 0 atom stereocenters. The lowest BCUT2D eigenvalue weighted by Gasteiger charge is -2.07. The summed E-state index contributed by atoms with van der Waals surface area (Å²) in [4.78, 5) is 0. The monoisotopic (exact) mass is 142 g/mol. The largest absolute Gasteiger partial charge is 0.364 e. The number of hydroxylamine groups is 2. The molecule has 0 aliphatic heterocycles. The van der Waals surface area contributed by atoms with Crippen LogP contribution in [0.1, 0.15) is 12.6 Å². The lowest BCUT2D eigenvalue weighted by Crippen LogP contribution is -2.17. The topological polar surface area (TPSA) is 49.5 Å². The summed E-state index contributed by atoms with van der Waals surface area (Å²) in [5.41, 5.74) is 0.740. The van der Waals surface area contributed by atoms with Gasteiger partial charge in [0.2, 0.25) is 0 Å². The maximum atomic E-state index is 8.98. The second-order valence-electron chi connectivity index (χ2n) is 1.97. The molecule has 1 aromatic rings. The molecular formula is C6H10N2O2. The minimum absolute atomic E-state index is 0.424. The Morgan fingerprint density at radius 1 is 1.80 bits per heavy atom. The highest BCUT2D eigenvalue weighted by Gasteiger charge is 2.00. The van der Waals surface area contributed by atoms with Gasteiger partial charge in [0.05, 0.1) is 12.2 Å². The van der Waals surface area contributed by atoms with Crippen molar-refractivity contribution in [2.75, 3.05) is 6.54 Å². The van der Waals surface area contributed by atoms with Gasteiger partial charge in [-0.3, -0.25) is 0 Å². The van der Waals surface area contributed by atoms with Gasteiger partial charge in [0, 0.05) is 12.6 Å². The van der Waals surface area contributed by atoms with Gasteiger partial charge in [0.25, 0.3) is 0 Å². The van der Waals surface area contributed by atoms with Crippen LogP contribution in [0.15, 0.2) is 16.9 Å². The lowest BCUT2D eigenvalue weighted by atomic mass is 10.4. The molecular weight excluding hydrogens is 132 g/mol. The molecule has 0 aromatic carbocycles. The summed E-state index contributed by atoms with van der Waals surface area (Å²) in [6.07, 6.45) is 1.48. The van der Waals surface area contributed by atoms with Crippen LogP contribution in [0.25, 0.3) is 0 Å². The SMILES string of the molecule is CCN(O)Cc1ccon1. The first-order chi connectivity index (χ1) is 4.83. The van der Waals surface area contributed by atoms with Gasteiger partial charge in [0.1, 0.15) is 6.26 Å². The molecule has 1 rings (SSSR count). The molecule has 1 aromatic heterocycles. The van der Waals surface area contributed by atoms with Crippen molar-refractivity contribution < 1.29 is 9.73 Å². The molecule has 0 spiro atoms. The van der Waals surface area contributed by atoms with Crippen LogP contribution >= 0.6 is 0 Å². The fraction of sp³-hybridized carbons (Fsp3) is 0.500. The average molecular weight is 142 g/mol. The zero-order valence-corrected chi connectivity index (χ0v) is 5.82. The van der Waals surface area contributed by atoms with E-state index < -0.39 is 0 Å². The van der Waals surface area contributed by atoms with Gasteiger partial charge >= 0.3 is 0 Å². The molecule has 4 nitrogen and oxygen atoms in total. The number of hydrogen-bond donors (Lipinski definition) is 1. The molecule has 1 N–H and O–H groups in total. The molecule has 0 saturated carbocycles. The molecule has 0 amide bonds. The standard InChI is InChI=1S/C6H10N2O2/c1-2-8(9)5-6-3-4-10-7-6/h3-4,9H,2,5H2,1H3. The van der Waals surface area contributed by atoms with E-state index in [1.807, 2.05) is 6.92 Å². The molecule has 0 saturated heterocycles. The molecule has 0 aliphatic carbocycles. The van der Waals surface area contributed by atoms with E-state index in [1.165, 1.54) is 6.26 Å². The van der Waals surface area contributed by atoms with E-state index in [9.17, 15) is 0 Å². The van der Waals surface area contributed by atoms with Crippen molar-refractivity contribution in [2.45, 2.75) is 13.5 Å². The second-order valence-corrected chi connectivity index (χ2v) is 1.97. The van der Waals surface area contributed by atoms with Crippen LogP contribution in [0, 0.1) is 0 Å². The van der Waals surface area contributed by atoms with Gasteiger partial charge in [-0.2, -0.15) is 5.06 Å². The predicted octanol–water partition coefficient (Wildman–Crippen LogP) is 0.886. The highest BCUT2D eigenvalue weighted by molar-refractivity contribution is 4.93. The van der Waals surface area contributed by atoms with Crippen molar-refractivity contribution in [2.24, 2.45) is 0 Å². The van der Waals surface area contributed by atoms with Crippen LogP contribution in [0.3, 0.4) is 0 Å². The highest BCUT2D eigenvalue weighted by Crippen LogP contribution is 1.97. The molecule has 0 radical (unpaired) electrons. The Bertz CT molecular complexity index is 174. The minimum atomic E-state index is 0.424. The van der Waals surface area contributed by atoms with Crippen LogP contribution in [-0.2, 0) is 6.54 Å². The number of hydrogen-bond acceptors (Lipinski definition) is 4. The normalized spacial score (nSPS) is 10.7. The van der Waals surface area contributed by atoms with Crippen LogP contribution in [0.4, 0.5) is 0 Å². The van der Waals surface area contributed by atoms with Crippen molar-refractivity contribution in [3.63, 3.8) is 0 Å². The maximum Gasteiger partial charge on any atom is 0.124 e. The van der Waals surface area contributed by atoms with Crippen LogP contribution in [-0.4, -0.2) is 22.0 Å². The van der Waals surface area contributed by atoms with E-state index in [2.05, 4.69) is 9.68 Å². The molecule has 1 heterocycles. The Morgan fingerprint density at radius 2 is 2.60 bits per heavy atom. The van der Waals surface area contributed by atoms with Crippen molar-refractivity contribution >= 4 is 0 Å². The minimum Gasteiger partial charge on any atom is -0.364 e. The predicted molar refractivity (Wildman–Crippen MR) is 34.4 cm³/mol. The summed E-state index contributed by atoms with van der Waals surface area (Å²) in [5.74, 6) is 0. The second kappa shape index (κ2) is 3.34. The van der Waals surface area contributed by atoms with Gasteiger partial charge in [0.15, 0.2) is 0 Å². The van der Waals surface area contributed by atoms with Crippen LogP contribution < -0.4 is 0 Å². The van der Waals surface area contributed by atoms with E-state index >= 15 is 0 Å². The fourth-order valence-electron chi connectivity index (χ4n) is 0.618. The summed E-state index contributed by atoms with van der Waals surface area (Å²) >= 11 is 0. The molecule has 0 aliphatic rings. The molecule has 0 unspecified atom stereocenters. The highest BCUT2D eigenvalue weighted by atomic mass is 16.5. The summed E-state index contributed by atoms with van der Waals surface area (Å²) in [6, 6.07) is 1.72. The first-order valence-corrected chi connectivity index (χ1v) is 3.16. The summed E-state index contributed by atoms with van der Waals surface area (Å²) < 4.78 is 4.57. The van der Waals surface area contributed by atoms with E-state index in [-0.39, 0.29) is 0 Å². The van der Waals surface area contributed by atoms with Crippen LogP contribution in [0.2, 0.25) is 0 Å². The average Bonchev–Trinajstić information content (AvgIpc) is 2.40. The Kier molecular flexibility index (Phi) is 2.42. The van der Waals surface area contributed by atoms with Crippen molar-refractivity contribution in [3.05, 3.63) is 18.0 Å². The third-order valence-electron chi connectivity index (χ3n) is 1.20. The van der Waals surface area contributed by atoms with Crippen molar-refractivity contribution in [1.29, 1.82) is 0 Å². The number of rotatable bonds is 3. The van der Waals surface area contributed by atoms with Gasteiger partial charge in [-0.25, -0.2) is 0 Å². The Morgan fingerprint density at radius 3 is 3.10 bits per heavy atom. The Balaban J connectivity index is 2.40. The zero-order chi connectivity index (χ0) is 7.40. The first-order valence-electron chi connectivity index (χ1n) is 3.16. The van der Waals surface area contributed by atoms with E-state index in [1.54, 1.807) is 6.07 Å². The molecule has 56 valence electrons. The molecule has 10 heavy (non-hydrogen) atoms. The molecule has 0 fully saturated rings. The Labute approximate surface area is 59.0 Å². The van der Waals surface area contributed by atoms with Crippen LogP contribution in [0.5, 0.6) is 0 Å². The van der Waals surface area contributed by atoms with E-state index in [4.69, 9.17) is 5.21 Å². The summed E-state index contributed by atoms with van der Waals surface area (Å²) in [7, 11) is 0. The summed E-state index contributed by atoms with van der Waals surface area (Å²) in [5, 5.41) is 13.8. The third kappa shape index (κ3) is 1.82. The smallest absolute Gasteiger partial charge is 0.124 e. The number of nitrogens with zero attached hydrogens (tertiary/aromatic N) is 2. The third-order valence-corrected chi connectivity index (χ3v) is 1.20. The van der Waals surface area contributed by atoms with Crippen molar-refractivity contribution in [3.8, 4) is 0 Å². The molecule has 4 heteroatoms. The van der Waals surface area contributed by atoms with Gasteiger partial charge in [-0.1, -0.05) is 12.1 Å². The van der Waals surface area contributed by atoms with Crippen molar-refractivity contribution in [1.82, 2.24) is 10.2 Å². The molecule has 0 bridgehead atoms. The fourth-order valence-corrected chi connectivity index (χ4v) is 0.618. The van der Waals surface area contributed by atoms with E-state index in [0.29, 0.717) is 13.1 Å². The lowest BCUT2D eigenvalue weighted by molar-refractivity contribution is -0.0959. The van der Waals surface area contributed by atoms with Gasteiger partial charge in [-0.15, -0.1) is 0 Å². The Hall–Kier alpha value is -0.870. The van der Waals surface area contributed by atoms with Gasteiger partial charge in [-0.05, 0) is 0 Å². The number of aromatic nitrogens is 1. The van der Waals surface area contributed by atoms with E-state index in [0.717, 1.165) is 10.8 Å². The van der Waals surface area contributed by atoms with Gasteiger partial charge < -0.3 is 9.73 Å². The quantitative estimate of drug-likeness (QED) is 0.636. The zero-order valence-electron chi connectivity index (χ0n) is 5.82. The summed E-state index contributed by atoms with van der Waals surface area (Å²) in [6.45, 7) is 2.87.